The van der Waals surface area contributed by atoms with Crippen molar-refractivity contribution >= 4 is 45.1 Å². The van der Waals surface area contributed by atoms with E-state index in [0.29, 0.717) is 17.3 Å². The summed E-state index contributed by atoms with van der Waals surface area (Å²) in [5.74, 6) is 0. The van der Waals surface area contributed by atoms with Gasteiger partial charge in [0.15, 0.2) is 5.17 Å². The molecule has 8 heteroatoms. The molecule has 2 aliphatic heterocycles. The third kappa shape index (κ3) is 4.63. The van der Waals surface area contributed by atoms with Crippen molar-refractivity contribution in [2.75, 3.05) is 50.7 Å². The molecule has 1 aromatic carbocycles. The second-order valence-corrected chi connectivity index (χ2v) is 11.0. The number of nitrogens with zero attached hydrogens (tertiary/aromatic N) is 4. The monoisotopic (exact) mass is 474 g/mol. The smallest absolute Gasteiger partial charge is 0.154 e. The number of aromatic nitrogens is 1. The van der Waals surface area contributed by atoms with Crippen LogP contribution < -0.4 is 10.6 Å². The van der Waals surface area contributed by atoms with Crippen molar-refractivity contribution in [3.8, 4) is 0 Å². The van der Waals surface area contributed by atoms with Crippen LogP contribution in [0.1, 0.15) is 32.6 Å². The topological polar surface area (TPSA) is 63.9 Å². The molecule has 1 aliphatic carbocycles. The zero-order chi connectivity index (χ0) is 22.1. The fraction of sp³-hybridized carbons (Fsp3) is 0.625. The minimum absolute atomic E-state index is 0.463. The number of H-pyrrole nitrogens is 1. The first-order valence-corrected chi connectivity index (χ1v) is 13.3. The SMILES string of the molecule is CCCN(CCN1CCN(c2ccc3[nH]ccc3c2Cl)CC1)C1CCC2N=C(N)SC2C1. The summed E-state index contributed by atoms with van der Waals surface area (Å²) in [4.78, 5) is 15.7. The summed E-state index contributed by atoms with van der Waals surface area (Å²) in [7, 11) is 0. The van der Waals surface area contributed by atoms with E-state index in [0.717, 1.165) is 60.4 Å². The summed E-state index contributed by atoms with van der Waals surface area (Å²) >= 11 is 8.53. The molecule has 3 heterocycles. The van der Waals surface area contributed by atoms with E-state index < -0.39 is 0 Å². The Morgan fingerprint density at radius 1 is 1.19 bits per heavy atom. The average Bonchev–Trinajstić information content (AvgIpc) is 3.43. The third-order valence-electron chi connectivity index (χ3n) is 7.39. The molecule has 1 saturated carbocycles. The van der Waals surface area contributed by atoms with Crippen LogP contribution in [0.2, 0.25) is 5.02 Å². The number of aromatic amines is 1. The quantitative estimate of drug-likeness (QED) is 0.634. The largest absolute Gasteiger partial charge is 0.379 e. The highest BCUT2D eigenvalue weighted by Gasteiger charge is 2.37. The molecule has 174 valence electrons. The van der Waals surface area contributed by atoms with E-state index in [9.17, 15) is 0 Å². The molecule has 5 rings (SSSR count). The van der Waals surface area contributed by atoms with Gasteiger partial charge in [-0.05, 0) is 50.4 Å². The number of rotatable bonds is 7. The van der Waals surface area contributed by atoms with Gasteiger partial charge in [0.05, 0.1) is 16.8 Å². The number of hydrogen-bond donors (Lipinski definition) is 2. The molecule has 0 radical (unpaired) electrons. The van der Waals surface area contributed by atoms with E-state index in [4.69, 9.17) is 17.3 Å². The molecule has 0 amide bonds. The number of thioether (sulfide) groups is 1. The molecule has 6 nitrogen and oxygen atoms in total. The first-order chi connectivity index (χ1) is 15.6. The molecule has 2 aromatic rings. The van der Waals surface area contributed by atoms with E-state index in [-0.39, 0.29) is 0 Å². The molecule has 1 aromatic heterocycles. The van der Waals surface area contributed by atoms with Crippen molar-refractivity contribution < 1.29 is 0 Å². The summed E-state index contributed by atoms with van der Waals surface area (Å²) in [6, 6.07) is 7.51. The Hall–Kier alpha value is -1.41. The van der Waals surface area contributed by atoms with Gasteiger partial charge in [-0.3, -0.25) is 14.8 Å². The predicted octanol–water partition coefficient (Wildman–Crippen LogP) is 4.01. The Morgan fingerprint density at radius 3 is 2.84 bits per heavy atom. The molecular formula is C24H35ClN6S. The van der Waals surface area contributed by atoms with Crippen LogP contribution in [0.15, 0.2) is 29.4 Å². The van der Waals surface area contributed by atoms with Crippen LogP contribution >= 0.6 is 23.4 Å². The van der Waals surface area contributed by atoms with E-state index in [1.807, 2.05) is 18.0 Å². The van der Waals surface area contributed by atoms with Gasteiger partial charge < -0.3 is 15.6 Å². The van der Waals surface area contributed by atoms with Gasteiger partial charge in [-0.25, -0.2) is 0 Å². The number of benzene rings is 1. The highest BCUT2D eigenvalue weighted by atomic mass is 35.5. The molecule has 3 aliphatic rings. The van der Waals surface area contributed by atoms with Crippen molar-refractivity contribution in [3.05, 3.63) is 29.4 Å². The van der Waals surface area contributed by atoms with Crippen LogP contribution in [0.4, 0.5) is 5.69 Å². The lowest BCUT2D eigenvalue weighted by Crippen LogP contribution is -2.50. The first-order valence-electron chi connectivity index (χ1n) is 12.1. The van der Waals surface area contributed by atoms with Crippen LogP contribution in [0.25, 0.3) is 10.9 Å². The van der Waals surface area contributed by atoms with E-state index in [2.05, 4.69) is 49.8 Å². The van der Waals surface area contributed by atoms with E-state index >= 15 is 0 Å². The standard InChI is InChI=1S/C24H35ClN6S/c1-2-9-30(17-3-4-20-22(16-17)32-24(26)28-20)13-10-29-11-14-31(15-12-29)21-6-5-19-18(23(21)25)7-8-27-19/h5-8,17,20,22,27H,2-4,9-16H2,1H3,(H2,26,28). The Labute approximate surface area is 200 Å². The number of amidine groups is 1. The number of hydrogen-bond acceptors (Lipinski definition) is 6. The van der Waals surface area contributed by atoms with Crippen LogP contribution in [-0.2, 0) is 0 Å². The van der Waals surface area contributed by atoms with Gasteiger partial charge in [0.1, 0.15) is 0 Å². The lowest BCUT2D eigenvalue weighted by molar-refractivity contribution is 0.128. The fourth-order valence-electron chi connectivity index (χ4n) is 5.62. The highest BCUT2D eigenvalue weighted by Crippen LogP contribution is 2.38. The third-order valence-corrected chi connectivity index (χ3v) is 8.94. The second-order valence-electron chi connectivity index (χ2n) is 9.36. The molecule has 0 spiro atoms. The summed E-state index contributed by atoms with van der Waals surface area (Å²) in [6.45, 7) is 10.0. The molecule has 1 saturated heterocycles. The highest BCUT2D eigenvalue weighted by molar-refractivity contribution is 8.14. The number of fused-ring (bicyclic) bond motifs is 2. The van der Waals surface area contributed by atoms with Crippen molar-refractivity contribution in [1.82, 2.24) is 14.8 Å². The summed E-state index contributed by atoms with van der Waals surface area (Å²) in [5.41, 5.74) is 8.26. The van der Waals surface area contributed by atoms with Crippen LogP contribution in [0, 0.1) is 0 Å². The summed E-state index contributed by atoms with van der Waals surface area (Å²) in [5, 5.41) is 3.38. The molecule has 3 N–H and O–H groups in total. The second kappa shape index (κ2) is 9.84. The minimum Gasteiger partial charge on any atom is -0.379 e. The maximum atomic E-state index is 6.72. The lowest BCUT2D eigenvalue weighted by atomic mass is 9.90. The maximum absolute atomic E-state index is 6.72. The average molecular weight is 475 g/mol. The maximum Gasteiger partial charge on any atom is 0.154 e. The molecule has 3 atom stereocenters. The zero-order valence-corrected chi connectivity index (χ0v) is 20.5. The van der Waals surface area contributed by atoms with E-state index in [1.165, 1.54) is 37.9 Å². The van der Waals surface area contributed by atoms with Crippen molar-refractivity contribution in [2.24, 2.45) is 10.7 Å². The van der Waals surface area contributed by atoms with Crippen molar-refractivity contribution in [3.63, 3.8) is 0 Å². The normalized spacial score (nSPS) is 26.7. The van der Waals surface area contributed by atoms with Crippen LogP contribution in [0.5, 0.6) is 0 Å². The number of halogens is 1. The lowest BCUT2D eigenvalue weighted by Gasteiger charge is -2.40. The summed E-state index contributed by atoms with van der Waals surface area (Å²) in [6.07, 6.45) is 6.85. The Balaban J connectivity index is 1.13. The van der Waals surface area contributed by atoms with Gasteiger partial charge in [0.2, 0.25) is 0 Å². The molecule has 3 unspecified atom stereocenters. The number of aliphatic imine (C=N–C) groups is 1. The first kappa shape index (κ1) is 22.4. The Kier molecular flexibility index (Phi) is 6.88. The van der Waals surface area contributed by atoms with Gasteiger partial charge in [-0.2, -0.15) is 0 Å². The predicted molar refractivity (Wildman–Crippen MR) is 138 cm³/mol. The molecule has 32 heavy (non-hydrogen) atoms. The van der Waals surface area contributed by atoms with Crippen LogP contribution in [0.3, 0.4) is 0 Å². The summed E-state index contributed by atoms with van der Waals surface area (Å²) < 4.78 is 0. The minimum atomic E-state index is 0.463. The van der Waals surface area contributed by atoms with Gasteiger partial charge in [-0.15, -0.1) is 0 Å². The number of piperazine rings is 1. The molecular weight excluding hydrogens is 440 g/mol. The Morgan fingerprint density at radius 2 is 2.03 bits per heavy atom. The van der Waals surface area contributed by atoms with Crippen molar-refractivity contribution in [2.45, 2.75) is 49.9 Å². The number of nitrogens with one attached hydrogen (secondary N) is 1. The molecule has 0 bridgehead atoms. The Bertz CT molecular complexity index is 953. The van der Waals surface area contributed by atoms with Crippen LogP contribution in [-0.4, -0.2) is 83.1 Å². The number of anilines is 1. The van der Waals surface area contributed by atoms with Gasteiger partial charge >= 0.3 is 0 Å². The van der Waals surface area contributed by atoms with E-state index in [1.54, 1.807) is 0 Å². The van der Waals surface area contributed by atoms with Gasteiger partial charge in [0, 0.05) is 67.7 Å². The van der Waals surface area contributed by atoms with Gasteiger partial charge in [-0.1, -0.05) is 30.3 Å². The number of nitrogens with two attached hydrogens (primary N) is 1. The van der Waals surface area contributed by atoms with Gasteiger partial charge in [0.25, 0.3) is 0 Å². The fourth-order valence-corrected chi connectivity index (χ4v) is 7.15. The molecule has 2 fully saturated rings. The van der Waals surface area contributed by atoms with Crippen molar-refractivity contribution in [1.29, 1.82) is 0 Å². The zero-order valence-electron chi connectivity index (χ0n) is 19.0.